The highest BCUT2D eigenvalue weighted by Crippen LogP contribution is 2.37. The number of ether oxygens (including phenoxy) is 1. The summed E-state index contributed by atoms with van der Waals surface area (Å²) in [7, 11) is -4.06. The number of carbonyl (C=O) groups excluding carboxylic acids is 1. The third-order valence-corrected chi connectivity index (χ3v) is 6.95. The number of hydrogen-bond donors (Lipinski definition) is 1. The molecule has 4 rings (SSSR count). The Bertz CT molecular complexity index is 1280. The minimum Gasteiger partial charge on any atom is -0.476 e. The van der Waals surface area contributed by atoms with Crippen molar-refractivity contribution in [3.05, 3.63) is 83.4 Å². The fraction of sp³-hybridized carbons (Fsp3) is 0.136. The second kappa shape index (κ2) is 8.60. The molecular weight excluding hydrogens is 481 g/mol. The van der Waals surface area contributed by atoms with Gasteiger partial charge in [0, 0.05) is 10.7 Å². The summed E-state index contributed by atoms with van der Waals surface area (Å²) < 4.78 is 71.6. The molecule has 3 aromatic rings. The van der Waals surface area contributed by atoms with Crippen molar-refractivity contribution >= 4 is 38.9 Å². The van der Waals surface area contributed by atoms with Crippen LogP contribution in [-0.4, -0.2) is 27.0 Å². The Kier molecular flexibility index (Phi) is 5.98. The standard InChI is InChI=1S/C22H16ClF3N2O4S/c23-15-7-11-17(12-8-15)33(30,31)28-13-20(32-19-4-2-1-3-18(19)28)21(29)27-16-9-5-14(6-10-16)22(24,25)26/h1-12,20H,13H2,(H,27,29). The van der Waals surface area contributed by atoms with Crippen LogP contribution in [-0.2, 0) is 21.0 Å². The number of sulfonamides is 1. The summed E-state index contributed by atoms with van der Waals surface area (Å²) in [5.41, 5.74) is -0.489. The molecule has 1 heterocycles. The van der Waals surface area contributed by atoms with Crippen LogP contribution in [0.3, 0.4) is 0 Å². The van der Waals surface area contributed by atoms with Gasteiger partial charge in [0.05, 0.1) is 22.7 Å². The van der Waals surface area contributed by atoms with Crippen LogP contribution in [0.4, 0.5) is 24.5 Å². The van der Waals surface area contributed by atoms with Crippen LogP contribution >= 0.6 is 11.6 Å². The lowest BCUT2D eigenvalue weighted by atomic mass is 10.2. The van der Waals surface area contributed by atoms with Gasteiger partial charge in [0.2, 0.25) is 0 Å². The van der Waals surface area contributed by atoms with Crippen LogP contribution in [0.15, 0.2) is 77.7 Å². The molecule has 1 amide bonds. The quantitative estimate of drug-likeness (QED) is 0.554. The maximum atomic E-state index is 13.3. The summed E-state index contributed by atoms with van der Waals surface area (Å²) in [5, 5.41) is 2.84. The Morgan fingerprint density at radius 1 is 1.00 bits per heavy atom. The molecule has 0 spiro atoms. The Hall–Kier alpha value is -3.24. The number of alkyl halides is 3. The number of nitrogens with zero attached hydrogens (tertiary/aromatic N) is 1. The van der Waals surface area contributed by atoms with Gasteiger partial charge in [-0.3, -0.25) is 9.10 Å². The van der Waals surface area contributed by atoms with Gasteiger partial charge in [-0.05, 0) is 60.7 Å². The van der Waals surface area contributed by atoms with E-state index in [2.05, 4.69) is 5.32 Å². The monoisotopic (exact) mass is 496 g/mol. The van der Waals surface area contributed by atoms with Crippen molar-refractivity contribution in [2.24, 2.45) is 0 Å². The summed E-state index contributed by atoms with van der Waals surface area (Å²) in [6.07, 6.45) is -5.75. The minimum absolute atomic E-state index is 0.0227. The highest BCUT2D eigenvalue weighted by Gasteiger charge is 2.37. The number of halogens is 4. The molecule has 6 nitrogen and oxygen atoms in total. The molecule has 0 saturated heterocycles. The van der Waals surface area contributed by atoms with Gasteiger partial charge in [-0.15, -0.1) is 0 Å². The number of para-hydroxylation sites is 2. The first-order valence-electron chi connectivity index (χ1n) is 9.58. The van der Waals surface area contributed by atoms with Gasteiger partial charge in [-0.2, -0.15) is 13.2 Å². The maximum Gasteiger partial charge on any atom is 0.416 e. The molecule has 0 saturated carbocycles. The van der Waals surface area contributed by atoms with Gasteiger partial charge < -0.3 is 10.1 Å². The molecular formula is C22H16ClF3N2O4S. The first kappa shape index (κ1) is 22.9. The Morgan fingerprint density at radius 3 is 2.27 bits per heavy atom. The molecule has 3 aromatic carbocycles. The van der Waals surface area contributed by atoms with Gasteiger partial charge >= 0.3 is 6.18 Å². The van der Waals surface area contributed by atoms with Crippen LogP contribution < -0.4 is 14.4 Å². The molecule has 0 bridgehead atoms. The Labute approximate surface area is 192 Å². The first-order valence-corrected chi connectivity index (χ1v) is 11.4. The summed E-state index contributed by atoms with van der Waals surface area (Å²) in [6.45, 7) is -0.339. The number of hydrogen-bond acceptors (Lipinski definition) is 4. The van der Waals surface area contributed by atoms with E-state index >= 15 is 0 Å². The van der Waals surface area contributed by atoms with Gasteiger partial charge in [-0.1, -0.05) is 23.7 Å². The van der Waals surface area contributed by atoms with Gasteiger partial charge in [0.1, 0.15) is 5.75 Å². The molecule has 0 fully saturated rings. The predicted octanol–water partition coefficient (Wildman–Crippen LogP) is 4.95. The van der Waals surface area contributed by atoms with E-state index in [-0.39, 0.29) is 28.6 Å². The van der Waals surface area contributed by atoms with Gasteiger partial charge in [0.15, 0.2) is 6.10 Å². The fourth-order valence-electron chi connectivity index (χ4n) is 3.27. The average molecular weight is 497 g/mol. The number of carbonyl (C=O) groups is 1. The number of amides is 1. The summed E-state index contributed by atoms with van der Waals surface area (Å²) in [6, 6.07) is 15.8. The molecule has 1 aliphatic heterocycles. The van der Waals surface area contributed by atoms with Crippen molar-refractivity contribution in [3.8, 4) is 5.75 Å². The second-order valence-corrected chi connectivity index (χ2v) is 9.43. The Balaban J connectivity index is 1.61. The van der Waals surface area contributed by atoms with E-state index in [4.69, 9.17) is 16.3 Å². The number of fused-ring (bicyclic) bond motifs is 1. The number of benzene rings is 3. The molecule has 172 valence electrons. The zero-order valence-electron chi connectivity index (χ0n) is 16.7. The van der Waals surface area contributed by atoms with Gasteiger partial charge in [-0.25, -0.2) is 8.42 Å². The van der Waals surface area contributed by atoms with Crippen molar-refractivity contribution in [2.45, 2.75) is 17.2 Å². The van der Waals surface area contributed by atoms with E-state index in [1.165, 1.54) is 30.3 Å². The van der Waals surface area contributed by atoms with E-state index in [0.29, 0.717) is 5.02 Å². The lowest BCUT2D eigenvalue weighted by Crippen LogP contribution is -2.48. The largest absolute Gasteiger partial charge is 0.476 e. The number of rotatable bonds is 4. The zero-order chi connectivity index (χ0) is 23.8. The zero-order valence-corrected chi connectivity index (χ0v) is 18.3. The normalized spacial score (nSPS) is 16.0. The highest BCUT2D eigenvalue weighted by molar-refractivity contribution is 7.92. The topological polar surface area (TPSA) is 75.7 Å². The SMILES string of the molecule is O=C(Nc1ccc(C(F)(F)F)cc1)C1CN(S(=O)(=O)c2ccc(Cl)cc2)c2ccccc2O1. The smallest absolute Gasteiger partial charge is 0.416 e. The molecule has 0 radical (unpaired) electrons. The van der Waals surface area contributed by atoms with Crippen LogP contribution in [0, 0.1) is 0 Å². The lowest BCUT2D eigenvalue weighted by Gasteiger charge is -2.34. The van der Waals surface area contributed by atoms with E-state index in [1.807, 2.05) is 0 Å². The molecule has 1 aliphatic rings. The van der Waals surface area contributed by atoms with Crippen molar-refractivity contribution in [3.63, 3.8) is 0 Å². The second-order valence-electron chi connectivity index (χ2n) is 7.13. The minimum atomic E-state index is -4.50. The van der Waals surface area contributed by atoms with E-state index < -0.39 is 33.8 Å². The van der Waals surface area contributed by atoms with Crippen LogP contribution in [0.25, 0.3) is 0 Å². The summed E-state index contributed by atoms with van der Waals surface area (Å²) in [5.74, 6) is -0.533. The maximum absolute atomic E-state index is 13.3. The summed E-state index contributed by atoms with van der Waals surface area (Å²) in [4.78, 5) is 12.8. The van der Waals surface area contributed by atoms with Crippen molar-refractivity contribution in [2.75, 3.05) is 16.2 Å². The first-order chi connectivity index (χ1) is 15.6. The van der Waals surface area contributed by atoms with Crippen LogP contribution in [0.5, 0.6) is 5.75 Å². The van der Waals surface area contributed by atoms with E-state index in [9.17, 15) is 26.4 Å². The number of anilines is 2. The summed E-state index contributed by atoms with van der Waals surface area (Å²) >= 11 is 5.86. The third kappa shape index (κ3) is 4.76. The highest BCUT2D eigenvalue weighted by atomic mass is 35.5. The molecule has 0 aliphatic carbocycles. The molecule has 33 heavy (non-hydrogen) atoms. The van der Waals surface area contributed by atoms with Crippen molar-refractivity contribution < 1.29 is 31.1 Å². The van der Waals surface area contributed by atoms with E-state index in [1.54, 1.807) is 18.2 Å². The van der Waals surface area contributed by atoms with Crippen molar-refractivity contribution in [1.29, 1.82) is 0 Å². The molecule has 11 heteroatoms. The molecule has 0 aromatic heterocycles. The third-order valence-electron chi connectivity index (χ3n) is 4.91. The Morgan fingerprint density at radius 2 is 1.64 bits per heavy atom. The van der Waals surface area contributed by atoms with Gasteiger partial charge in [0.25, 0.3) is 15.9 Å². The fourth-order valence-corrected chi connectivity index (χ4v) is 4.87. The molecule has 1 N–H and O–H groups in total. The predicted molar refractivity (Wildman–Crippen MR) is 117 cm³/mol. The lowest BCUT2D eigenvalue weighted by molar-refractivity contribution is -0.137. The van der Waals surface area contributed by atoms with Crippen LogP contribution in [0.1, 0.15) is 5.56 Å². The van der Waals surface area contributed by atoms with Crippen molar-refractivity contribution in [1.82, 2.24) is 0 Å². The number of nitrogens with one attached hydrogen (secondary N) is 1. The van der Waals surface area contributed by atoms with Crippen LogP contribution in [0.2, 0.25) is 5.02 Å². The van der Waals surface area contributed by atoms with E-state index in [0.717, 1.165) is 28.6 Å². The average Bonchev–Trinajstić information content (AvgIpc) is 2.78. The molecule has 1 atom stereocenters. The molecule has 1 unspecified atom stereocenters.